The van der Waals surface area contributed by atoms with Gasteiger partial charge in [-0.1, -0.05) is 0 Å². The van der Waals surface area contributed by atoms with Crippen molar-refractivity contribution in [2.75, 3.05) is 11.4 Å². The van der Waals surface area contributed by atoms with Crippen LogP contribution in [0.2, 0.25) is 0 Å². The summed E-state index contributed by atoms with van der Waals surface area (Å²) in [5.41, 5.74) is -0.322. The summed E-state index contributed by atoms with van der Waals surface area (Å²) in [6, 6.07) is 0. The maximum atomic E-state index is 11.6. The minimum absolute atomic E-state index is 0.0848. The molecule has 1 amide bonds. The van der Waals surface area contributed by atoms with Crippen LogP contribution in [0, 0.1) is 10.1 Å². The third-order valence-electron chi connectivity index (χ3n) is 2.56. The summed E-state index contributed by atoms with van der Waals surface area (Å²) in [4.78, 5) is 29.8. The van der Waals surface area contributed by atoms with Gasteiger partial charge in [-0.05, 0) is 0 Å². The molecule has 1 unspecified atom stereocenters. The summed E-state index contributed by atoms with van der Waals surface area (Å²) in [6.07, 6.45) is 1.63. The van der Waals surface area contributed by atoms with E-state index in [9.17, 15) is 23.3 Å². The Labute approximate surface area is 111 Å². The van der Waals surface area contributed by atoms with Gasteiger partial charge in [0.2, 0.25) is 20.9 Å². The van der Waals surface area contributed by atoms with Crippen LogP contribution in [0.4, 0.5) is 11.6 Å². The molecule has 0 aliphatic carbocycles. The average molecular weight is 307 g/mol. The molecule has 19 heavy (non-hydrogen) atoms. The van der Waals surface area contributed by atoms with Crippen LogP contribution in [0.15, 0.2) is 12.4 Å². The molecule has 1 atom stereocenters. The number of hydrogen-bond donors (Lipinski definition) is 0. The molecule has 0 spiro atoms. The number of carbonyl (C=O) groups is 1. The Kier molecular flexibility index (Phi) is 3.37. The summed E-state index contributed by atoms with van der Waals surface area (Å²) in [5, 5.41) is 9.40. The van der Waals surface area contributed by atoms with Gasteiger partial charge in [0, 0.05) is 23.6 Å². The number of rotatable bonds is 3. The fraction of sp³-hybridized carbons (Fsp3) is 0.375. The van der Waals surface area contributed by atoms with Crippen molar-refractivity contribution in [2.45, 2.75) is 11.7 Å². The zero-order valence-corrected chi connectivity index (χ0v) is 10.8. The quantitative estimate of drug-likeness (QED) is 0.439. The SMILES string of the molecule is O=C1CC(S(=O)(=O)Cl)CN1c1ncc([N+](=O)[O-])cn1. The lowest BCUT2D eigenvalue weighted by molar-refractivity contribution is -0.385. The number of aromatic nitrogens is 2. The summed E-state index contributed by atoms with van der Waals surface area (Å²) in [7, 11) is 1.34. The lowest BCUT2D eigenvalue weighted by Crippen LogP contribution is -2.28. The van der Waals surface area contributed by atoms with Crippen LogP contribution in [-0.2, 0) is 13.8 Å². The first-order chi connectivity index (χ1) is 8.79. The Bertz CT molecular complexity index is 631. The van der Waals surface area contributed by atoms with Gasteiger partial charge in [-0.25, -0.2) is 18.4 Å². The smallest absolute Gasteiger partial charge is 0.279 e. The van der Waals surface area contributed by atoms with E-state index in [0.29, 0.717) is 0 Å². The number of hydrogen-bond acceptors (Lipinski definition) is 7. The monoisotopic (exact) mass is 306 g/mol. The van der Waals surface area contributed by atoms with Crippen molar-refractivity contribution in [3.63, 3.8) is 0 Å². The van der Waals surface area contributed by atoms with Crippen molar-refractivity contribution in [2.24, 2.45) is 0 Å². The average Bonchev–Trinajstić information content (AvgIpc) is 2.71. The Morgan fingerprint density at radius 3 is 2.42 bits per heavy atom. The minimum atomic E-state index is -3.85. The second kappa shape index (κ2) is 4.70. The fourth-order valence-electron chi connectivity index (χ4n) is 1.60. The first kappa shape index (κ1) is 13.6. The Morgan fingerprint density at radius 1 is 1.42 bits per heavy atom. The molecule has 1 saturated heterocycles. The molecule has 1 aromatic rings. The third-order valence-corrected chi connectivity index (χ3v) is 4.43. The maximum Gasteiger partial charge on any atom is 0.305 e. The van der Waals surface area contributed by atoms with Crippen LogP contribution in [0.1, 0.15) is 6.42 Å². The van der Waals surface area contributed by atoms with Gasteiger partial charge in [0.1, 0.15) is 17.6 Å². The number of amides is 1. The van der Waals surface area contributed by atoms with Crippen LogP contribution >= 0.6 is 10.7 Å². The lowest BCUT2D eigenvalue weighted by Gasteiger charge is -2.12. The first-order valence-corrected chi connectivity index (χ1v) is 7.36. The molecular formula is C8H7ClN4O5S. The molecule has 102 valence electrons. The molecule has 0 bridgehead atoms. The van der Waals surface area contributed by atoms with E-state index in [0.717, 1.165) is 17.3 Å². The molecule has 1 aliphatic rings. The molecule has 1 aromatic heterocycles. The van der Waals surface area contributed by atoms with Gasteiger partial charge in [-0.15, -0.1) is 0 Å². The van der Waals surface area contributed by atoms with E-state index >= 15 is 0 Å². The molecule has 9 nitrogen and oxygen atoms in total. The predicted molar refractivity (Wildman–Crippen MR) is 64.2 cm³/mol. The van der Waals surface area contributed by atoms with Crippen molar-refractivity contribution in [3.05, 3.63) is 22.5 Å². The Morgan fingerprint density at radius 2 is 2.00 bits per heavy atom. The highest BCUT2D eigenvalue weighted by Crippen LogP contribution is 2.24. The van der Waals surface area contributed by atoms with E-state index < -0.39 is 25.1 Å². The van der Waals surface area contributed by atoms with Crippen LogP contribution in [0.3, 0.4) is 0 Å². The van der Waals surface area contributed by atoms with Crippen molar-refractivity contribution in [1.82, 2.24) is 9.97 Å². The summed E-state index contributed by atoms with van der Waals surface area (Å²) in [5.74, 6) is -0.582. The van der Waals surface area contributed by atoms with E-state index in [1.54, 1.807) is 0 Å². The van der Waals surface area contributed by atoms with Gasteiger partial charge < -0.3 is 0 Å². The molecule has 1 fully saturated rings. The van der Waals surface area contributed by atoms with Crippen molar-refractivity contribution < 1.29 is 18.1 Å². The number of anilines is 1. The van der Waals surface area contributed by atoms with Crippen molar-refractivity contribution in [3.8, 4) is 0 Å². The Balaban J connectivity index is 2.23. The zero-order valence-electron chi connectivity index (χ0n) is 9.26. The van der Waals surface area contributed by atoms with Gasteiger partial charge in [-0.2, -0.15) is 0 Å². The van der Waals surface area contributed by atoms with Crippen LogP contribution in [-0.4, -0.2) is 41.0 Å². The van der Waals surface area contributed by atoms with Crippen molar-refractivity contribution in [1.29, 1.82) is 0 Å². The molecular weight excluding hydrogens is 300 g/mol. The van der Waals surface area contributed by atoms with Gasteiger partial charge >= 0.3 is 5.69 Å². The molecule has 0 aromatic carbocycles. The van der Waals surface area contributed by atoms with E-state index in [2.05, 4.69) is 9.97 Å². The number of carbonyl (C=O) groups excluding carboxylic acids is 1. The highest BCUT2D eigenvalue weighted by Gasteiger charge is 2.39. The van der Waals surface area contributed by atoms with Crippen LogP contribution in [0.5, 0.6) is 0 Å². The maximum absolute atomic E-state index is 11.6. The van der Waals surface area contributed by atoms with Gasteiger partial charge in [0.25, 0.3) is 0 Å². The standard InChI is InChI=1S/C8H7ClN4O5S/c9-19(17,18)6-1-7(14)12(4-6)8-10-2-5(3-11-8)13(15)16/h2-3,6H,1,4H2. The summed E-state index contributed by atoms with van der Waals surface area (Å²) >= 11 is 0. The number of nitro groups is 1. The third kappa shape index (κ3) is 2.79. The highest BCUT2D eigenvalue weighted by molar-refractivity contribution is 8.14. The molecule has 2 heterocycles. The second-order valence-electron chi connectivity index (χ2n) is 3.80. The predicted octanol–water partition coefficient (Wildman–Crippen LogP) is 0.0587. The highest BCUT2D eigenvalue weighted by atomic mass is 35.7. The van der Waals surface area contributed by atoms with E-state index in [1.165, 1.54) is 0 Å². The molecule has 2 rings (SSSR count). The number of halogens is 1. The second-order valence-corrected chi connectivity index (χ2v) is 6.71. The van der Waals surface area contributed by atoms with Crippen LogP contribution in [0.25, 0.3) is 0 Å². The zero-order chi connectivity index (χ0) is 14.2. The van der Waals surface area contributed by atoms with Gasteiger partial charge in [0.15, 0.2) is 0 Å². The van der Waals surface area contributed by atoms with Gasteiger partial charge in [-0.3, -0.25) is 19.8 Å². The molecule has 0 N–H and O–H groups in total. The fourth-order valence-corrected chi connectivity index (χ4v) is 2.63. The van der Waals surface area contributed by atoms with Gasteiger partial charge in [0.05, 0.1) is 4.92 Å². The largest absolute Gasteiger partial charge is 0.305 e. The number of nitrogens with zero attached hydrogens (tertiary/aromatic N) is 4. The van der Waals surface area contributed by atoms with E-state index in [4.69, 9.17) is 10.7 Å². The summed E-state index contributed by atoms with van der Waals surface area (Å²) in [6.45, 7) is -0.164. The molecule has 11 heteroatoms. The Hall–Kier alpha value is -1.81. The molecule has 0 saturated carbocycles. The summed E-state index contributed by atoms with van der Waals surface area (Å²) < 4.78 is 22.3. The van der Waals surface area contributed by atoms with Crippen LogP contribution < -0.4 is 4.90 Å². The first-order valence-electron chi connectivity index (χ1n) is 4.99. The molecule has 1 aliphatic heterocycles. The molecule has 0 radical (unpaired) electrons. The topological polar surface area (TPSA) is 123 Å². The van der Waals surface area contributed by atoms with Crippen molar-refractivity contribution >= 4 is 37.3 Å². The van der Waals surface area contributed by atoms with E-state index in [-0.39, 0.29) is 24.6 Å². The normalized spacial score (nSPS) is 19.7. The van der Waals surface area contributed by atoms with E-state index in [1.807, 2.05) is 0 Å². The minimum Gasteiger partial charge on any atom is -0.279 e. The lowest BCUT2D eigenvalue weighted by atomic mass is 10.4.